The fourth-order valence-electron chi connectivity index (χ4n) is 2.95. The normalized spacial score (nSPS) is 14.9. The van der Waals surface area contributed by atoms with E-state index < -0.39 is 11.0 Å². The van der Waals surface area contributed by atoms with Gasteiger partial charge >= 0.3 is 0 Å². The van der Waals surface area contributed by atoms with Crippen LogP contribution < -0.4 is 10.5 Å². The van der Waals surface area contributed by atoms with Gasteiger partial charge in [0.05, 0.1) is 24.4 Å². The summed E-state index contributed by atoms with van der Waals surface area (Å²) in [5.74, 6) is 1.02. The van der Waals surface area contributed by atoms with Crippen LogP contribution in [0.4, 0.5) is 17.3 Å². The summed E-state index contributed by atoms with van der Waals surface area (Å²) < 4.78 is 10.7. The van der Waals surface area contributed by atoms with Gasteiger partial charge in [0, 0.05) is 12.5 Å². The minimum Gasteiger partial charge on any atom is -0.496 e. The summed E-state index contributed by atoms with van der Waals surface area (Å²) in [5.41, 5.74) is 8.12. The molecule has 1 aliphatic rings. The molecule has 27 heavy (non-hydrogen) atoms. The van der Waals surface area contributed by atoms with E-state index in [-0.39, 0.29) is 11.6 Å². The van der Waals surface area contributed by atoms with Crippen LogP contribution in [0.15, 0.2) is 51.2 Å². The molecule has 0 bridgehead atoms. The average Bonchev–Trinajstić information content (AvgIpc) is 3.32. The zero-order chi connectivity index (χ0) is 19.0. The van der Waals surface area contributed by atoms with Crippen LogP contribution in [0.3, 0.4) is 0 Å². The van der Waals surface area contributed by atoms with Crippen LogP contribution in [-0.4, -0.2) is 22.0 Å². The number of anilines is 1. The maximum atomic E-state index is 11.0. The molecule has 0 spiro atoms. The number of azo groups is 1. The first kappa shape index (κ1) is 16.6. The van der Waals surface area contributed by atoms with Gasteiger partial charge in [0.2, 0.25) is 5.95 Å². The Morgan fingerprint density at radius 2 is 2.19 bits per heavy atom. The predicted octanol–water partition coefficient (Wildman–Crippen LogP) is 3.62. The molecule has 0 amide bonds. The van der Waals surface area contributed by atoms with Crippen LogP contribution in [0, 0.1) is 10.1 Å². The van der Waals surface area contributed by atoms with Crippen LogP contribution in [0.1, 0.15) is 17.3 Å². The number of aromatic nitrogens is 2. The lowest BCUT2D eigenvalue weighted by molar-refractivity contribution is -0.384. The average molecular weight is 366 g/mol. The van der Waals surface area contributed by atoms with Gasteiger partial charge in [0.25, 0.3) is 5.69 Å². The van der Waals surface area contributed by atoms with Gasteiger partial charge in [-0.15, -0.1) is 0 Å². The summed E-state index contributed by atoms with van der Waals surface area (Å²) in [5, 5.41) is 19.4. The Morgan fingerprint density at radius 3 is 2.89 bits per heavy atom. The minimum absolute atomic E-state index is 0.0456. The van der Waals surface area contributed by atoms with Crippen molar-refractivity contribution in [3.05, 3.63) is 58.0 Å². The van der Waals surface area contributed by atoms with Crippen molar-refractivity contribution in [3.63, 3.8) is 0 Å². The molecule has 1 aromatic carbocycles. The van der Waals surface area contributed by atoms with Crippen LogP contribution in [0.25, 0.3) is 11.5 Å². The van der Waals surface area contributed by atoms with Gasteiger partial charge in [0.1, 0.15) is 28.9 Å². The number of nitrogen functional groups attached to an aromatic ring is 1. The number of fused-ring (bicyclic) bond motifs is 1. The van der Waals surface area contributed by atoms with E-state index in [2.05, 4.69) is 20.2 Å². The van der Waals surface area contributed by atoms with Crippen molar-refractivity contribution < 1.29 is 14.1 Å². The minimum atomic E-state index is -0.472. The number of nitrogens with two attached hydrogens (primary N) is 1. The molecule has 3 heterocycles. The van der Waals surface area contributed by atoms with E-state index in [9.17, 15) is 10.1 Å². The zero-order valence-electron chi connectivity index (χ0n) is 14.2. The summed E-state index contributed by atoms with van der Waals surface area (Å²) in [6.07, 6.45) is 1.93. The lowest BCUT2D eigenvalue weighted by atomic mass is 10.0. The molecule has 136 valence electrons. The number of hydrogen-bond donors (Lipinski definition) is 1. The van der Waals surface area contributed by atoms with E-state index in [4.69, 9.17) is 14.9 Å². The lowest BCUT2D eigenvalue weighted by Crippen LogP contribution is -2.06. The standard InChI is InChI=1S/C17H14N6O4/c1-26-13-8-10(23(24)25)5-4-9(13)7-11-14-16(22-21-11)15(20-17(18)19-14)12-3-2-6-27-12/h2-6,8,11H,7H2,1H3,(H2,18,19,20). The van der Waals surface area contributed by atoms with Crippen molar-refractivity contribution in [2.45, 2.75) is 12.5 Å². The topological polar surface area (TPSA) is 142 Å². The highest BCUT2D eigenvalue weighted by Crippen LogP contribution is 2.43. The maximum absolute atomic E-state index is 11.0. The van der Waals surface area contributed by atoms with Crippen molar-refractivity contribution in [3.8, 4) is 17.2 Å². The molecule has 2 aromatic heterocycles. The second-order valence-electron chi connectivity index (χ2n) is 5.83. The predicted molar refractivity (Wildman–Crippen MR) is 94.8 cm³/mol. The van der Waals surface area contributed by atoms with Gasteiger partial charge in [0.15, 0.2) is 5.76 Å². The highest BCUT2D eigenvalue weighted by Gasteiger charge is 2.29. The molecule has 0 saturated heterocycles. The first-order chi connectivity index (χ1) is 13.1. The smallest absolute Gasteiger partial charge is 0.273 e. The number of methoxy groups -OCH3 is 1. The quantitative estimate of drug-likeness (QED) is 0.536. The van der Waals surface area contributed by atoms with Gasteiger partial charge in [-0.05, 0) is 23.8 Å². The lowest BCUT2D eigenvalue weighted by Gasteiger charge is -2.12. The summed E-state index contributed by atoms with van der Waals surface area (Å²) in [7, 11) is 1.46. The molecule has 0 fully saturated rings. The van der Waals surface area contributed by atoms with Crippen molar-refractivity contribution in [1.29, 1.82) is 0 Å². The van der Waals surface area contributed by atoms with E-state index in [1.165, 1.54) is 25.5 Å². The van der Waals surface area contributed by atoms with Gasteiger partial charge in [-0.2, -0.15) is 10.2 Å². The van der Waals surface area contributed by atoms with Crippen molar-refractivity contribution in [1.82, 2.24) is 9.97 Å². The molecule has 10 nitrogen and oxygen atoms in total. The molecule has 0 aliphatic carbocycles. The molecular weight excluding hydrogens is 352 g/mol. The fourth-order valence-corrected chi connectivity index (χ4v) is 2.95. The Labute approximate surface area is 152 Å². The first-order valence-corrected chi connectivity index (χ1v) is 8.00. The molecule has 3 aromatic rings. The van der Waals surface area contributed by atoms with Crippen LogP contribution in [-0.2, 0) is 6.42 Å². The van der Waals surface area contributed by atoms with E-state index >= 15 is 0 Å². The van der Waals surface area contributed by atoms with Gasteiger partial charge in [-0.1, -0.05) is 0 Å². The van der Waals surface area contributed by atoms with E-state index in [0.29, 0.717) is 35.0 Å². The highest BCUT2D eigenvalue weighted by molar-refractivity contribution is 5.72. The van der Waals surface area contributed by atoms with Gasteiger partial charge in [-0.25, -0.2) is 9.97 Å². The Morgan fingerprint density at radius 1 is 1.33 bits per heavy atom. The molecule has 2 N–H and O–H groups in total. The molecular formula is C17H14N6O4. The molecule has 0 saturated carbocycles. The highest BCUT2D eigenvalue weighted by atomic mass is 16.6. The SMILES string of the molecule is COc1cc([N+](=O)[O-])ccc1CC1N=Nc2c(-c3ccco3)nc(N)nc21. The molecule has 4 rings (SSSR count). The number of benzene rings is 1. The van der Waals surface area contributed by atoms with E-state index in [0.717, 1.165) is 5.56 Å². The summed E-state index contributed by atoms with van der Waals surface area (Å²) >= 11 is 0. The van der Waals surface area contributed by atoms with Gasteiger partial charge in [-0.3, -0.25) is 10.1 Å². The van der Waals surface area contributed by atoms with Gasteiger partial charge < -0.3 is 14.9 Å². The van der Waals surface area contributed by atoms with E-state index in [1.54, 1.807) is 18.2 Å². The summed E-state index contributed by atoms with van der Waals surface area (Å²) in [4.78, 5) is 19.0. The molecule has 0 radical (unpaired) electrons. The number of rotatable bonds is 5. The van der Waals surface area contributed by atoms with Crippen LogP contribution >= 0.6 is 0 Å². The summed E-state index contributed by atoms with van der Waals surface area (Å²) in [6, 6.07) is 7.53. The zero-order valence-corrected chi connectivity index (χ0v) is 14.2. The number of hydrogen-bond acceptors (Lipinski definition) is 9. The third kappa shape index (κ3) is 2.97. The Hall–Kier alpha value is -3.82. The van der Waals surface area contributed by atoms with Crippen molar-refractivity contribution >= 4 is 17.3 Å². The van der Waals surface area contributed by atoms with Crippen LogP contribution in [0.2, 0.25) is 0 Å². The number of non-ortho nitro benzene ring substituents is 1. The molecule has 1 aliphatic heterocycles. The molecule has 10 heteroatoms. The Balaban J connectivity index is 1.70. The Bertz CT molecular complexity index is 1050. The third-order valence-corrected chi connectivity index (χ3v) is 4.19. The summed E-state index contributed by atoms with van der Waals surface area (Å²) in [6.45, 7) is 0. The second kappa shape index (κ2) is 6.48. The molecule has 1 atom stereocenters. The maximum Gasteiger partial charge on any atom is 0.273 e. The monoisotopic (exact) mass is 366 g/mol. The number of ether oxygens (including phenoxy) is 1. The molecule has 1 unspecified atom stereocenters. The van der Waals surface area contributed by atoms with Crippen molar-refractivity contribution in [2.24, 2.45) is 10.2 Å². The number of nitro benzene ring substituents is 1. The Kier molecular flexibility index (Phi) is 3.99. The number of nitro groups is 1. The van der Waals surface area contributed by atoms with Crippen LogP contribution in [0.5, 0.6) is 5.75 Å². The number of furan rings is 1. The number of nitrogens with zero attached hydrogens (tertiary/aromatic N) is 5. The largest absolute Gasteiger partial charge is 0.496 e. The van der Waals surface area contributed by atoms with Crippen molar-refractivity contribution in [2.75, 3.05) is 12.8 Å². The fraction of sp³-hybridized carbons (Fsp3) is 0.176. The first-order valence-electron chi connectivity index (χ1n) is 8.00. The third-order valence-electron chi connectivity index (χ3n) is 4.19. The second-order valence-corrected chi connectivity index (χ2v) is 5.83. The van der Waals surface area contributed by atoms with E-state index in [1.807, 2.05) is 0 Å².